The molecule has 0 heterocycles. The smallest absolute Gasteiger partial charge is 0.396 e. The van der Waals surface area contributed by atoms with Crippen molar-refractivity contribution in [3.05, 3.63) is 0 Å². The van der Waals surface area contributed by atoms with Crippen LogP contribution in [0.15, 0.2) is 0 Å². The average Bonchev–Trinajstić information content (AvgIpc) is 2.16. The van der Waals surface area contributed by atoms with Gasteiger partial charge in [-0.05, 0) is 13.8 Å². The molecular weight excluding hydrogens is 200 g/mol. The fraction of sp³-hybridized carbons (Fsp3) is 0.667. The summed E-state index contributed by atoms with van der Waals surface area (Å²) in [6, 6.07) is -0.739. The van der Waals surface area contributed by atoms with E-state index >= 15 is 0 Å². The third kappa shape index (κ3) is 4.44. The van der Waals surface area contributed by atoms with E-state index in [1.807, 2.05) is 0 Å². The number of rotatable bonds is 3. The number of hydrogen-bond acceptors (Lipinski definition) is 4. The topological polar surface area (TPSA) is 75.7 Å². The molecule has 2 amide bonds. The molecule has 0 aromatic heterocycles. The Morgan fingerprint density at radius 1 is 1.33 bits per heavy atom. The summed E-state index contributed by atoms with van der Waals surface area (Å²) in [7, 11) is 3.13. The Balaban J connectivity index is 4.18. The largest absolute Gasteiger partial charge is 0.459 e. The molecule has 0 saturated carbocycles. The van der Waals surface area contributed by atoms with E-state index in [0.717, 1.165) is 0 Å². The van der Waals surface area contributed by atoms with Gasteiger partial charge >= 0.3 is 11.9 Å². The molecular formula is C9H16N2O4. The van der Waals surface area contributed by atoms with Crippen molar-refractivity contribution in [1.82, 2.24) is 10.2 Å². The molecule has 0 aliphatic rings. The maximum atomic E-state index is 11.3. The minimum Gasteiger partial charge on any atom is -0.459 e. The number of nitrogens with zero attached hydrogens (tertiary/aromatic N) is 1. The van der Waals surface area contributed by atoms with Crippen LogP contribution < -0.4 is 5.32 Å². The van der Waals surface area contributed by atoms with Crippen LogP contribution in [0.1, 0.15) is 13.8 Å². The summed E-state index contributed by atoms with van der Waals surface area (Å²) in [4.78, 5) is 34.7. The maximum absolute atomic E-state index is 11.3. The lowest BCUT2D eigenvalue weighted by Crippen LogP contribution is -2.46. The van der Waals surface area contributed by atoms with Gasteiger partial charge in [0.25, 0.3) is 0 Å². The van der Waals surface area contributed by atoms with E-state index < -0.39 is 17.9 Å². The van der Waals surface area contributed by atoms with E-state index in [2.05, 4.69) is 10.1 Å². The Morgan fingerprint density at radius 2 is 1.87 bits per heavy atom. The quantitative estimate of drug-likeness (QED) is 0.492. The number of ether oxygens (including phenoxy) is 1. The number of amides is 2. The summed E-state index contributed by atoms with van der Waals surface area (Å²) < 4.78 is 4.47. The first-order valence-electron chi connectivity index (χ1n) is 4.59. The summed E-state index contributed by atoms with van der Waals surface area (Å²) in [6.45, 7) is 3.22. The van der Waals surface area contributed by atoms with Gasteiger partial charge in [0, 0.05) is 14.1 Å². The lowest BCUT2D eigenvalue weighted by atomic mass is 10.3. The van der Waals surface area contributed by atoms with Crippen molar-refractivity contribution in [2.45, 2.75) is 19.9 Å². The molecule has 0 aliphatic carbocycles. The molecule has 15 heavy (non-hydrogen) atoms. The summed E-state index contributed by atoms with van der Waals surface area (Å²) in [5.41, 5.74) is 0. The van der Waals surface area contributed by atoms with Crippen LogP contribution in [0, 0.1) is 0 Å². The molecule has 0 aromatic carbocycles. The molecule has 0 rings (SSSR count). The van der Waals surface area contributed by atoms with Gasteiger partial charge in [0.1, 0.15) is 6.04 Å². The molecule has 0 saturated heterocycles. The van der Waals surface area contributed by atoms with Crippen molar-refractivity contribution in [1.29, 1.82) is 0 Å². The number of nitrogens with one attached hydrogen (secondary N) is 1. The Kier molecular flexibility index (Phi) is 5.36. The molecule has 0 radical (unpaired) electrons. The highest BCUT2D eigenvalue weighted by molar-refractivity contribution is 6.32. The minimum absolute atomic E-state index is 0.127. The first-order chi connectivity index (χ1) is 6.90. The van der Waals surface area contributed by atoms with Gasteiger partial charge < -0.3 is 15.0 Å². The van der Waals surface area contributed by atoms with Gasteiger partial charge in [-0.2, -0.15) is 0 Å². The third-order valence-corrected chi connectivity index (χ3v) is 1.62. The number of carbonyl (C=O) groups is 3. The van der Waals surface area contributed by atoms with Gasteiger partial charge in [0.2, 0.25) is 5.91 Å². The van der Waals surface area contributed by atoms with Crippen LogP contribution in [0.4, 0.5) is 0 Å². The second-order valence-electron chi connectivity index (χ2n) is 3.15. The molecule has 0 aliphatic heterocycles. The van der Waals surface area contributed by atoms with Gasteiger partial charge in [0.15, 0.2) is 0 Å². The molecule has 0 spiro atoms. The SMILES string of the molecule is CCOC(=O)C(=O)NC(C)C(=O)N(C)C. The fourth-order valence-corrected chi connectivity index (χ4v) is 0.901. The maximum Gasteiger partial charge on any atom is 0.396 e. The highest BCUT2D eigenvalue weighted by Crippen LogP contribution is 1.89. The second kappa shape index (κ2) is 6.00. The van der Waals surface area contributed by atoms with Crippen LogP contribution in [0.5, 0.6) is 0 Å². The molecule has 0 aromatic rings. The lowest BCUT2D eigenvalue weighted by Gasteiger charge is -2.17. The van der Waals surface area contributed by atoms with Gasteiger partial charge in [-0.15, -0.1) is 0 Å². The van der Waals surface area contributed by atoms with Crippen molar-refractivity contribution in [2.75, 3.05) is 20.7 Å². The molecule has 1 unspecified atom stereocenters. The zero-order chi connectivity index (χ0) is 12.0. The summed E-state index contributed by atoms with van der Waals surface area (Å²) in [5, 5.41) is 2.24. The number of esters is 1. The predicted molar refractivity (Wildman–Crippen MR) is 52.9 cm³/mol. The predicted octanol–water partition coefficient (Wildman–Crippen LogP) is -0.858. The Hall–Kier alpha value is -1.59. The van der Waals surface area contributed by atoms with E-state index in [1.54, 1.807) is 21.0 Å². The van der Waals surface area contributed by atoms with Crippen LogP contribution in [-0.2, 0) is 19.1 Å². The van der Waals surface area contributed by atoms with Gasteiger partial charge in [0.05, 0.1) is 6.61 Å². The average molecular weight is 216 g/mol. The summed E-state index contributed by atoms with van der Waals surface area (Å²) >= 11 is 0. The standard InChI is InChI=1S/C9H16N2O4/c1-5-15-9(14)7(12)10-6(2)8(13)11(3)4/h6H,5H2,1-4H3,(H,10,12). The molecule has 0 fully saturated rings. The van der Waals surface area contributed by atoms with E-state index in [4.69, 9.17) is 0 Å². The first-order valence-corrected chi connectivity index (χ1v) is 4.59. The van der Waals surface area contributed by atoms with E-state index in [1.165, 1.54) is 11.8 Å². The normalized spacial score (nSPS) is 11.5. The fourth-order valence-electron chi connectivity index (χ4n) is 0.901. The summed E-state index contributed by atoms with van der Waals surface area (Å²) in [6.07, 6.45) is 0. The van der Waals surface area contributed by atoms with Crippen LogP contribution in [0.3, 0.4) is 0 Å². The second-order valence-corrected chi connectivity index (χ2v) is 3.15. The highest BCUT2D eigenvalue weighted by Gasteiger charge is 2.22. The number of likely N-dealkylation sites (N-methyl/N-ethyl adjacent to an activating group) is 1. The van der Waals surface area contributed by atoms with Crippen molar-refractivity contribution in [3.8, 4) is 0 Å². The third-order valence-electron chi connectivity index (χ3n) is 1.62. The molecule has 1 N–H and O–H groups in total. The lowest BCUT2D eigenvalue weighted by molar-refractivity contribution is -0.155. The van der Waals surface area contributed by atoms with Gasteiger partial charge in [-0.1, -0.05) is 0 Å². The van der Waals surface area contributed by atoms with Crippen LogP contribution in [0.25, 0.3) is 0 Å². The number of carbonyl (C=O) groups excluding carboxylic acids is 3. The monoisotopic (exact) mass is 216 g/mol. The zero-order valence-corrected chi connectivity index (χ0v) is 9.36. The summed E-state index contributed by atoms with van der Waals surface area (Å²) in [5.74, 6) is -2.16. The minimum atomic E-state index is -0.976. The van der Waals surface area contributed by atoms with Crippen molar-refractivity contribution < 1.29 is 19.1 Å². The molecule has 6 nitrogen and oxygen atoms in total. The Labute approximate surface area is 88.6 Å². The number of hydrogen-bond donors (Lipinski definition) is 1. The first kappa shape index (κ1) is 13.4. The van der Waals surface area contributed by atoms with Crippen LogP contribution in [0.2, 0.25) is 0 Å². The Morgan fingerprint density at radius 3 is 2.27 bits per heavy atom. The molecule has 0 bridgehead atoms. The van der Waals surface area contributed by atoms with Crippen LogP contribution >= 0.6 is 0 Å². The van der Waals surface area contributed by atoms with E-state index in [9.17, 15) is 14.4 Å². The van der Waals surface area contributed by atoms with Crippen molar-refractivity contribution >= 4 is 17.8 Å². The Bertz CT molecular complexity index is 263. The van der Waals surface area contributed by atoms with Crippen molar-refractivity contribution in [3.63, 3.8) is 0 Å². The molecule has 1 atom stereocenters. The molecule has 6 heteroatoms. The van der Waals surface area contributed by atoms with Crippen LogP contribution in [-0.4, -0.2) is 49.4 Å². The highest BCUT2D eigenvalue weighted by atomic mass is 16.5. The van der Waals surface area contributed by atoms with E-state index in [0.29, 0.717) is 0 Å². The van der Waals surface area contributed by atoms with Gasteiger partial charge in [-0.3, -0.25) is 9.59 Å². The van der Waals surface area contributed by atoms with E-state index in [-0.39, 0.29) is 12.5 Å². The zero-order valence-electron chi connectivity index (χ0n) is 9.36. The molecule has 86 valence electrons. The van der Waals surface area contributed by atoms with Crippen molar-refractivity contribution in [2.24, 2.45) is 0 Å². The van der Waals surface area contributed by atoms with Gasteiger partial charge in [-0.25, -0.2) is 4.79 Å².